The van der Waals surface area contributed by atoms with E-state index >= 15 is 0 Å². The molecule has 0 aromatic carbocycles. The lowest BCUT2D eigenvalue weighted by Crippen LogP contribution is -2.36. The van der Waals surface area contributed by atoms with Crippen molar-refractivity contribution >= 4 is 11.9 Å². The Morgan fingerprint density at radius 1 is 1.36 bits per heavy atom. The maximum Gasteiger partial charge on any atom is 0.410 e. The van der Waals surface area contributed by atoms with Crippen LogP contribution < -0.4 is 9.64 Å². The van der Waals surface area contributed by atoms with Crippen LogP contribution in [-0.4, -0.2) is 59.9 Å². The fourth-order valence-corrected chi connectivity index (χ4v) is 2.10. The second-order valence-electron chi connectivity index (χ2n) is 6.56. The van der Waals surface area contributed by atoms with Gasteiger partial charge in [-0.05, 0) is 20.8 Å². The number of likely N-dealkylation sites (tertiary alicyclic amines) is 1. The van der Waals surface area contributed by atoms with Gasteiger partial charge >= 0.3 is 6.09 Å². The second kappa shape index (κ2) is 6.37. The standard InChI is InChI=1S/C15H24N4O3/c1-15(2,3)22-14(20)19-7-6-11(10-19)21-13-9-16-8-12(17-13)18(4)5/h8-9,11H,6-7,10H2,1-5H3/t11-/m1/s1. The molecule has 1 aliphatic heterocycles. The number of hydrogen-bond acceptors (Lipinski definition) is 6. The summed E-state index contributed by atoms with van der Waals surface area (Å²) in [6, 6.07) is 0. The minimum absolute atomic E-state index is 0.0840. The van der Waals surface area contributed by atoms with Crippen LogP contribution in [0.15, 0.2) is 12.4 Å². The molecule has 1 aromatic heterocycles. The monoisotopic (exact) mass is 308 g/mol. The molecule has 0 bridgehead atoms. The van der Waals surface area contributed by atoms with Gasteiger partial charge in [0, 0.05) is 27.1 Å². The van der Waals surface area contributed by atoms with Gasteiger partial charge < -0.3 is 19.3 Å². The third-order valence-electron chi connectivity index (χ3n) is 3.14. The second-order valence-corrected chi connectivity index (χ2v) is 6.56. The number of carbonyl (C=O) groups excluding carboxylic acids is 1. The highest BCUT2D eigenvalue weighted by Gasteiger charge is 2.31. The van der Waals surface area contributed by atoms with E-state index in [2.05, 4.69) is 9.97 Å². The summed E-state index contributed by atoms with van der Waals surface area (Å²) in [7, 11) is 3.79. The first-order valence-electron chi connectivity index (χ1n) is 7.38. The van der Waals surface area contributed by atoms with Crippen molar-refractivity contribution < 1.29 is 14.3 Å². The first-order valence-corrected chi connectivity index (χ1v) is 7.38. The average Bonchev–Trinajstić information content (AvgIpc) is 2.85. The minimum atomic E-state index is -0.485. The molecule has 0 saturated carbocycles. The van der Waals surface area contributed by atoms with E-state index in [0.29, 0.717) is 19.0 Å². The molecule has 0 spiro atoms. The van der Waals surface area contributed by atoms with Crippen molar-refractivity contribution in [1.29, 1.82) is 0 Å². The fourth-order valence-electron chi connectivity index (χ4n) is 2.10. The van der Waals surface area contributed by atoms with Crippen LogP contribution in [0.25, 0.3) is 0 Å². The SMILES string of the molecule is CN(C)c1cncc(O[C@@H]2CCN(C(=O)OC(C)(C)C)C2)n1. The first-order chi connectivity index (χ1) is 10.2. The van der Waals surface area contributed by atoms with Gasteiger partial charge in [0.2, 0.25) is 5.88 Å². The van der Waals surface area contributed by atoms with Gasteiger partial charge in [0.15, 0.2) is 5.82 Å². The molecular formula is C15H24N4O3. The molecular weight excluding hydrogens is 284 g/mol. The lowest BCUT2D eigenvalue weighted by atomic mass is 10.2. The molecule has 0 unspecified atom stereocenters. The molecule has 1 amide bonds. The summed E-state index contributed by atoms with van der Waals surface area (Å²) in [6.07, 6.45) is 3.64. The van der Waals surface area contributed by atoms with Gasteiger partial charge in [0.05, 0.1) is 18.9 Å². The van der Waals surface area contributed by atoms with Crippen molar-refractivity contribution in [3.05, 3.63) is 12.4 Å². The summed E-state index contributed by atoms with van der Waals surface area (Å²) in [6.45, 7) is 6.70. The van der Waals surface area contributed by atoms with Crippen LogP contribution in [0, 0.1) is 0 Å². The molecule has 1 fully saturated rings. The smallest absolute Gasteiger partial charge is 0.410 e. The van der Waals surface area contributed by atoms with Crippen molar-refractivity contribution in [1.82, 2.24) is 14.9 Å². The summed E-state index contributed by atoms with van der Waals surface area (Å²) in [5.41, 5.74) is -0.485. The Bertz CT molecular complexity index is 528. The summed E-state index contributed by atoms with van der Waals surface area (Å²) < 4.78 is 11.2. The molecule has 22 heavy (non-hydrogen) atoms. The van der Waals surface area contributed by atoms with Crippen LogP contribution >= 0.6 is 0 Å². The summed E-state index contributed by atoms with van der Waals surface area (Å²) in [5.74, 6) is 1.21. The quantitative estimate of drug-likeness (QED) is 0.850. The number of anilines is 1. The lowest BCUT2D eigenvalue weighted by molar-refractivity contribution is 0.0275. The number of rotatable bonds is 3. The van der Waals surface area contributed by atoms with Crippen LogP contribution in [-0.2, 0) is 4.74 Å². The van der Waals surface area contributed by atoms with Crippen LogP contribution in [0.1, 0.15) is 27.2 Å². The number of amides is 1. The molecule has 0 radical (unpaired) electrons. The van der Waals surface area contributed by atoms with E-state index in [1.165, 1.54) is 0 Å². The number of ether oxygens (including phenoxy) is 2. The molecule has 0 N–H and O–H groups in total. The van der Waals surface area contributed by atoms with Crippen molar-refractivity contribution in [2.24, 2.45) is 0 Å². The van der Waals surface area contributed by atoms with Crippen LogP contribution in [0.3, 0.4) is 0 Å². The number of nitrogens with zero attached hydrogens (tertiary/aromatic N) is 4. The molecule has 2 heterocycles. The zero-order chi connectivity index (χ0) is 16.3. The molecule has 7 heteroatoms. The number of carbonyl (C=O) groups is 1. The normalized spacial score (nSPS) is 18.2. The zero-order valence-electron chi connectivity index (χ0n) is 13.9. The summed E-state index contributed by atoms with van der Waals surface area (Å²) in [4.78, 5) is 24.0. The van der Waals surface area contributed by atoms with Crippen molar-refractivity contribution in [2.45, 2.75) is 38.9 Å². The van der Waals surface area contributed by atoms with Crippen LogP contribution in [0.2, 0.25) is 0 Å². The highest BCUT2D eigenvalue weighted by molar-refractivity contribution is 5.68. The maximum atomic E-state index is 12.0. The van der Waals surface area contributed by atoms with Crippen molar-refractivity contribution in [3.8, 4) is 5.88 Å². The Morgan fingerprint density at radius 2 is 2.09 bits per heavy atom. The predicted octanol–water partition coefficient (Wildman–Crippen LogP) is 1.93. The van der Waals surface area contributed by atoms with E-state index < -0.39 is 5.60 Å². The highest BCUT2D eigenvalue weighted by Crippen LogP contribution is 2.20. The molecule has 1 aliphatic rings. The Kier molecular flexibility index (Phi) is 4.73. The Morgan fingerprint density at radius 3 is 2.73 bits per heavy atom. The third kappa shape index (κ3) is 4.47. The van der Waals surface area contributed by atoms with E-state index in [4.69, 9.17) is 9.47 Å². The lowest BCUT2D eigenvalue weighted by Gasteiger charge is -2.24. The molecule has 0 aliphatic carbocycles. The molecule has 2 rings (SSSR count). The summed E-state index contributed by atoms with van der Waals surface area (Å²) >= 11 is 0. The Labute approximate surface area is 131 Å². The first kappa shape index (κ1) is 16.3. The van der Waals surface area contributed by atoms with Gasteiger partial charge in [0.1, 0.15) is 11.7 Å². The maximum absolute atomic E-state index is 12.0. The zero-order valence-corrected chi connectivity index (χ0v) is 13.9. The molecule has 1 saturated heterocycles. The van der Waals surface area contributed by atoms with E-state index in [0.717, 1.165) is 12.2 Å². The fraction of sp³-hybridized carbons (Fsp3) is 0.667. The average molecular weight is 308 g/mol. The molecule has 122 valence electrons. The van der Waals surface area contributed by atoms with Gasteiger partial charge in [-0.2, -0.15) is 4.98 Å². The number of aromatic nitrogens is 2. The Hall–Kier alpha value is -2.05. The molecule has 1 aromatic rings. The summed E-state index contributed by atoms with van der Waals surface area (Å²) in [5, 5.41) is 0. The van der Waals surface area contributed by atoms with Gasteiger partial charge in [-0.1, -0.05) is 0 Å². The van der Waals surface area contributed by atoms with E-state index in [9.17, 15) is 4.79 Å². The van der Waals surface area contributed by atoms with Gasteiger partial charge in [-0.15, -0.1) is 0 Å². The molecule has 1 atom stereocenters. The van der Waals surface area contributed by atoms with Crippen molar-refractivity contribution in [2.75, 3.05) is 32.1 Å². The predicted molar refractivity (Wildman–Crippen MR) is 83.2 cm³/mol. The number of hydrogen-bond donors (Lipinski definition) is 0. The topological polar surface area (TPSA) is 67.8 Å². The van der Waals surface area contributed by atoms with Crippen LogP contribution in [0.5, 0.6) is 5.88 Å². The highest BCUT2D eigenvalue weighted by atomic mass is 16.6. The van der Waals surface area contributed by atoms with Crippen LogP contribution in [0.4, 0.5) is 10.6 Å². The third-order valence-corrected chi connectivity index (χ3v) is 3.14. The van der Waals surface area contributed by atoms with Gasteiger partial charge in [0.25, 0.3) is 0 Å². The van der Waals surface area contributed by atoms with E-state index in [1.54, 1.807) is 17.3 Å². The van der Waals surface area contributed by atoms with Gasteiger partial charge in [-0.3, -0.25) is 4.98 Å². The van der Waals surface area contributed by atoms with Crippen molar-refractivity contribution in [3.63, 3.8) is 0 Å². The van der Waals surface area contributed by atoms with E-state index in [-0.39, 0.29) is 12.2 Å². The largest absolute Gasteiger partial charge is 0.471 e. The van der Waals surface area contributed by atoms with Gasteiger partial charge in [-0.25, -0.2) is 4.79 Å². The molecule has 7 nitrogen and oxygen atoms in total. The van der Waals surface area contributed by atoms with E-state index in [1.807, 2.05) is 39.8 Å². The minimum Gasteiger partial charge on any atom is -0.471 e. The Balaban J connectivity index is 1.91.